The van der Waals surface area contributed by atoms with E-state index in [0.717, 1.165) is 11.3 Å². The minimum atomic E-state index is -0.297. The van der Waals surface area contributed by atoms with Gasteiger partial charge in [-0.1, -0.05) is 12.1 Å². The van der Waals surface area contributed by atoms with Crippen LogP contribution in [0.4, 0.5) is 11.4 Å². The number of benzene rings is 2. The average molecular weight is 550 g/mol. The summed E-state index contributed by atoms with van der Waals surface area (Å²) in [5, 5.41) is 9.30. The van der Waals surface area contributed by atoms with Gasteiger partial charge in [0, 0.05) is 24.0 Å². The van der Waals surface area contributed by atoms with Crippen molar-refractivity contribution < 1.29 is 18.7 Å². The highest BCUT2D eigenvalue weighted by Crippen LogP contribution is 2.29. The predicted molar refractivity (Wildman–Crippen MR) is 137 cm³/mol. The van der Waals surface area contributed by atoms with Gasteiger partial charge in [-0.25, -0.2) is 4.99 Å². The van der Waals surface area contributed by atoms with Gasteiger partial charge in [0.25, 0.3) is 5.91 Å². The first kappa shape index (κ1) is 25.1. The minimum absolute atomic E-state index is 0. The van der Waals surface area contributed by atoms with Crippen molar-refractivity contribution in [3.63, 3.8) is 0 Å². The van der Waals surface area contributed by atoms with Gasteiger partial charge >= 0.3 is 0 Å². The fourth-order valence-electron chi connectivity index (χ4n) is 2.88. The van der Waals surface area contributed by atoms with Gasteiger partial charge in [0.15, 0.2) is 23.2 Å². The molecule has 0 saturated heterocycles. The monoisotopic (exact) mass is 550 g/mol. The van der Waals surface area contributed by atoms with Crippen LogP contribution in [-0.4, -0.2) is 32.6 Å². The van der Waals surface area contributed by atoms with E-state index >= 15 is 0 Å². The number of carbonyl (C=O) groups excluding carboxylic acids is 1. The number of hydrogen-bond donors (Lipinski definition) is 3. The van der Waals surface area contributed by atoms with Crippen LogP contribution in [0.15, 0.2) is 70.3 Å². The standard InChI is InChI=1S/C23H26N4O4.HI/c1-4-24-23(27-18-10-11-19(29-2)21(14-18)30-3)25-15-16-7-5-8-17(13-16)26-22(28)20-9-6-12-31-20;/h5-14H,4,15H2,1-3H3,(H,26,28)(H2,24,25,27);1H. The summed E-state index contributed by atoms with van der Waals surface area (Å²) in [5.74, 6) is 1.87. The van der Waals surface area contributed by atoms with Gasteiger partial charge in [-0.2, -0.15) is 0 Å². The zero-order valence-electron chi connectivity index (χ0n) is 18.2. The highest BCUT2D eigenvalue weighted by atomic mass is 127. The molecule has 0 atom stereocenters. The molecule has 1 aromatic heterocycles. The highest BCUT2D eigenvalue weighted by Gasteiger charge is 2.09. The number of nitrogens with one attached hydrogen (secondary N) is 3. The summed E-state index contributed by atoms with van der Waals surface area (Å²) in [7, 11) is 3.19. The quantitative estimate of drug-likeness (QED) is 0.213. The van der Waals surface area contributed by atoms with Gasteiger partial charge < -0.3 is 29.8 Å². The summed E-state index contributed by atoms with van der Waals surface area (Å²) in [4.78, 5) is 16.8. The van der Waals surface area contributed by atoms with E-state index in [1.807, 2.05) is 49.4 Å². The van der Waals surface area contributed by atoms with Crippen molar-refractivity contribution in [1.29, 1.82) is 0 Å². The molecule has 0 aliphatic heterocycles. The third-order valence-electron chi connectivity index (χ3n) is 4.34. The van der Waals surface area contributed by atoms with Gasteiger partial charge in [0.05, 0.1) is 27.0 Å². The highest BCUT2D eigenvalue weighted by molar-refractivity contribution is 14.0. The number of hydrogen-bond acceptors (Lipinski definition) is 5. The van der Waals surface area contributed by atoms with Gasteiger partial charge in [0.2, 0.25) is 0 Å². The Morgan fingerprint density at radius 1 is 0.969 bits per heavy atom. The molecule has 0 aliphatic carbocycles. The van der Waals surface area contributed by atoms with E-state index in [-0.39, 0.29) is 35.6 Å². The lowest BCUT2D eigenvalue weighted by Gasteiger charge is -2.14. The molecule has 1 amide bonds. The van der Waals surface area contributed by atoms with Gasteiger partial charge in [-0.05, 0) is 48.9 Å². The van der Waals surface area contributed by atoms with E-state index in [2.05, 4.69) is 20.9 Å². The minimum Gasteiger partial charge on any atom is -0.493 e. The number of carbonyl (C=O) groups is 1. The molecule has 1 heterocycles. The van der Waals surface area contributed by atoms with Crippen LogP contribution in [0.1, 0.15) is 23.0 Å². The predicted octanol–water partition coefficient (Wildman–Crippen LogP) is 4.74. The van der Waals surface area contributed by atoms with Crippen molar-refractivity contribution in [1.82, 2.24) is 5.32 Å². The second-order valence-corrected chi connectivity index (χ2v) is 6.52. The molecule has 0 fully saturated rings. The maximum Gasteiger partial charge on any atom is 0.291 e. The molecule has 0 unspecified atom stereocenters. The van der Waals surface area contributed by atoms with E-state index in [1.165, 1.54) is 6.26 Å². The topological polar surface area (TPSA) is 97.1 Å². The Kier molecular flexibility index (Phi) is 9.86. The Balaban J connectivity index is 0.00000363. The summed E-state index contributed by atoms with van der Waals surface area (Å²) in [6.07, 6.45) is 1.47. The fourth-order valence-corrected chi connectivity index (χ4v) is 2.88. The maximum absolute atomic E-state index is 12.2. The summed E-state index contributed by atoms with van der Waals surface area (Å²) < 4.78 is 15.8. The summed E-state index contributed by atoms with van der Waals surface area (Å²) >= 11 is 0. The summed E-state index contributed by atoms with van der Waals surface area (Å²) in [6, 6.07) is 16.4. The summed E-state index contributed by atoms with van der Waals surface area (Å²) in [5.41, 5.74) is 2.44. The SMILES string of the molecule is CCNC(=NCc1cccc(NC(=O)c2ccco2)c1)Nc1ccc(OC)c(OC)c1.I. The first-order chi connectivity index (χ1) is 15.1. The van der Waals surface area contributed by atoms with Crippen molar-refractivity contribution in [2.45, 2.75) is 13.5 Å². The molecule has 170 valence electrons. The molecule has 8 nitrogen and oxygen atoms in total. The van der Waals surface area contributed by atoms with Gasteiger partial charge in [0.1, 0.15) is 0 Å². The number of amides is 1. The number of guanidine groups is 1. The second kappa shape index (κ2) is 12.6. The van der Waals surface area contributed by atoms with Crippen molar-refractivity contribution in [3.05, 3.63) is 72.2 Å². The lowest BCUT2D eigenvalue weighted by molar-refractivity contribution is 0.0996. The maximum atomic E-state index is 12.2. The second-order valence-electron chi connectivity index (χ2n) is 6.52. The molecule has 0 saturated carbocycles. The van der Waals surface area contributed by atoms with Crippen LogP contribution in [0.3, 0.4) is 0 Å². The molecule has 0 aliphatic rings. The van der Waals surface area contributed by atoms with Crippen molar-refractivity contribution in [2.75, 3.05) is 31.4 Å². The van der Waals surface area contributed by atoms with E-state index in [9.17, 15) is 4.79 Å². The third-order valence-corrected chi connectivity index (χ3v) is 4.34. The molecule has 2 aromatic carbocycles. The smallest absolute Gasteiger partial charge is 0.291 e. The van der Waals surface area contributed by atoms with Crippen LogP contribution < -0.4 is 25.4 Å². The Bertz CT molecular complexity index is 1040. The number of methoxy groups -OCH3 is 2. The van der Waals surface area contributed by atoms with Crippen LogP contribution in [0.25, 0.3) is 0 Å². The molecule has 0 radical (unpaired) electrons. The van der Waals surface area contributed by atoms with E-state index in [4.69, 9.17) is 13.9 Å². The van der Waals surface area contributed by atoms with Crippen LogP contribution in [0.2, 0.25) is 0 Å². The normalized spacial score (nSPS) is 10.7. The Morgan fingerprint density at radius 3 is 2.44 bits per heavy atom. The summed E-state index contributed by atoms with van der Waals surface area (Å²) in [6.45, 7) is 3.13. The lowest BCUT2D eigenvalue weighted by atomic mass is 10.2. The molecule has 3 rings (SSSR count). The number of anilines is 2. The van der Waals surface area contributed by atoms with Crippen LogP contribution in [-0.2, 0) is 6.54 Å². The van der Waals surface area contributed by atoms with E-state index in [1.54, 1.807) is 26.4 Å². The van der Waals surface area contributed by atoms with E-state index in [0.29, 0.717) is 36.2 Å². The first-order valence-corrected chi connectivity index (χ1v) is 9.84. The number of rotatable bonds is 8. The van der Waals surface area contributed by atoms with Crippen LogP contribution in [0.5, 0.6) is 11.5 Å². The molecule has 32 heavy (non-hydrogen) atoms. The van der Waals surface area contributed by atoms with Crippen LogP contribution in [0, 0.1) is 0 Å². The largest absolute Gasteiger partial charge is 0.493 e. The molecule has 0 bridgehead atoms. The molecule has 0 spiro atoms. The Labute approximate surface area is 204 Å². The molecule has 3 aromatic rings. The Hall–Kier alpha value is -3.21. The zero-order chi connectivity index (χ0) is 22.1. The van der Waals surface area contributed by atoms with Crippen LogP contribution >= 0.6 is 24.0 Å². The number of furan rings is 1. The Morgan fingerprint density at radius 2 is 1.75 bits per heavy atom. The molecular weight excluding hydrogens is 523 g/mol. The number of ether oxygens (including phenoxy) is 2. The molecule has 9 heteroatoms. The van der Waals surface area contributed by atoms with Crippen molar-refractivity contribution >= 4 is 47.2 Å². The van der Waals surface area contributed by atoms with Crippen molar-refractivity contribution in [2.24, 2.45) is 4.99 Å². The fraction of sp³-hybridized carbons (Fsp3) is 0.217. The number of nitrogens with zero attached hydrogens (tertiary/aromatic N) is 1. The molecular formula is C23H27IN4O4. The number of aliphatic imine (C=N–C) groups is 1. The average Bonchev–Trinajstić information content (AvgIpc) is 3.33. The van der Waals surface area contributed by atoms with Crippen molar-refractivity contribution in [3.8, 4) is 11.5 Å². The zero-order valence-corrected chi connectivity index (χ0v) is 20.5. The van der Waals surface area contributed by atoms with Gasteiger partial charge in [-0.15, -0.1) is 24.0 Å². The molecule has 3 N–H and O–H groups in total. The third kappa shape index (κ3) is 6.91. The lowest BCUT2D eigenvalue weighted by Crippen LogP contribution is -2.30. The number of halogens is 1. The van der Waals surface area contributed by atoms with Gasteiger partial charge in [-0.3, -0.25) is 4.79 Å². The first-order valence-electron chi connectivity index (χ1n) is 9.84. The van der Waals surface area contributed by atoms with E-state index < -0.39 is 0 Å².